The molecule has 116 valence electrons. The zero-order valence-electron chi connectivity index (χ0n) is 13.3. The van der Waals surface area contributed by atoms with Crippen LogP contribution in [0.25, 0.3) is 0 Å². The predicted octanol–water partition coefficient (Wildman–Crippen LogP) is 3.25. The Morgan fingerprint density at radius 2 is 2.14 bits per heavy atom. The topological polar surface area (TPSA) is 61.0 Å². The highest BCUT2D eigenvalue weighted by Gasteiger charge is 2.39. The monoisotopic (exact) mass is 289 g/mol. The van der Waals surface area contributed by atoms with Gasteiger partial charge in [0.1, 0.15) is 5.60 Å². The smallest absolute Gasteiger partial charge is 0.160 e. The van der Waals surface area contributed by atoms with Gasteiger partial charge in [-0.2, -0.15) is 0 Å². The van der Waals surface area contributed by atoms with Crippen molar-refractivity contribution in [3.8, 4) is 0 Å². The molecule has 1 saturated carbocycles. The summed E-state index contributed by atoms with van der Waals surface area (Å²) in [6.45, 7) is 2.30. The molecule has 2 aliphatic rings. The van der Waals surface area contributed by atoms with Gasteiger partial charge in [0.05, 0.1) is 0 Å². The lowest BCUT2D eigenvalue weighted by atomic mass is 9.78. The van der Waals surface area contributed by atoms with Crippen LogP contribution in [0.4, 0.5) is 0 Å². The van der Waals surface area contributed by atoms with Crippen molar-refractivity contribution in [1.82, 2.24) is 9.97 Å². The highest BCUT2D eigenvalue weighted by atomic mass is 16.5. The van der Waals surface area contributed by atoms with Gasteiger partial charge in [0.2, 0.25) is 0 Å². The molecular formula is C17H27N3O. The summed E-state index contributed by atoms with van der Waals surface area (Å²) in [5.74, 6) is 1.55. The molecule has 0 aliphatic heterocycles. The maximum atomic E-state index is 6.25. The second-order valence-electron chi connectivity index (χ2n) is 6.85. The van der Waals surface area contributed by atoms with Crippen molar-refractivity contribution in [2.24, 2.45) is 11.7 Å². The maximum absolute atomic E-state index is 6.25. The van der Waals surface area contributed by atoms with Crippen LogP contribution in [0.5, 0.6) is 0 Å². The molecule has 4 heteroatoms. The van der Waals surface area contributed by atoms with Gasteiger partial charge < -0.3 is 10.5 Å². The second-order valence-corrected chi connectivity index (χ2v) is 6.85. The van der Waals surface area contributed by atoms with Crippen molar-refractivity contribution in [3.05, 3.63) is 23.3 Å². The quantitative estimate of drug-likeness (QED) is 0.849. The summed E-state index contributed by atoms with van der Waals surface area (Å²) in [5.41, 5.74) is 8.26. The Balaban J connectivity index is 1.96. The lowest BCUT2D eigenvalue weighted by Gasteiger charge is -2.37. The van der Waals surface area contributed by atoms with E-state index in [-0.39, 0.29) is 11.6 Å². The number of nitrogens with zero attached hydrogens (tertiary/aromatic N) is 2. The van der Waals surface area contributed by atoms with Crippen molar-refractivity contribution >= 4 is 0 Å². The lowest BCUT2D eigenvalue weighted by Crippen LogP contribution is -2.36. The van der Waals surface area contributed by atoms with Gasteiger partial charge in [-0.15, -0.1) is 0 Å². The maximum Gasteiger partial charge on any atom is 0.160 e. The molecule has 1 aromatic heterocycles. The van der Waals surface area contributed by atoms with Gasteiger partial charge >= 0.3 is 0 Å². The van der Waals surface area contributed by atoms with E-state index in [9.17, 15) is 0 Å². The summed E-state index contributed by atoms with van der Waals surface area (Å²) in [6.07, 6.45) is 10.9. The van der Waals surface area contributed by atoms with E-state index in [1.165, 1.54) is 25.7 Å². The zero-order chi connectivity index (χ0) is 14.9. The van der Waals surface area contributed by atoms with Gasteiger partial charge in [0.25, 0.3) is 0 Å². The summed E-state index contributed by atoms with van der Waals surface area (Å²) in [6, 6.07) is 0.0975. The first-order valence-corrected chi connectivity index (χ1v) is 8.31. The van der Waals surface area contributed by atoms with E-state index in [1.54, 1.807) is 7.11 Å². The van der Waals surface area contributed by atoms with Gasteiger partial charge in [0.15, 0.2) is 5.82 Å². The summed E-state index contributed by atoms with van der Waals surface area (Å²) in [4.78, 5) is 9.58. The molecule has 0 aromatic carbocycles. The Hall–Kier alpha value is -1.00. The van der Waals surface area contributed by atoms with E-state index in [2.05, 4.69) is 11.9 Å². The number of fused-ring (bicyclic) bond motifs is 1. The number of ether oxygens (including phenoxy) is 1. The van der Waals surface area contributed by atoms with Crippen molar-refractivity contribution in [2.75, 3.05) is 7.11 Å². The molecule has 4 nitrogen and oxygen atoms in total. The zero-order valence-corrected chi connectivity index (χ0v) is 13.3. The first kappa shape index (κ1) is 14.9. The van der Waals surface area contributed by atoms with Crippen LogP contribution in [0.1, 0.15) is 75.0 Å². The van der Waals surface area contributed by atoms with Crippen LogP contribution in [0, 0.1) is 5.92 Å². The van der Waals surface area contributed by atoms with Crippen LogP contribution in [0.15, 0.2) is 6.20 Å². The third kappa shape index (κ3) is 2.84. The molecule has 3 atom stereocenters. The van der Waals surface area contributed by atoms with E-state index >= 15 is 0 Å². The van der Waals surface area contributed by atoms with Crippen LogP contribution < -0.4 is 5.73 Å². The largest absolute Gasteiger partial charge is 0.370 e. The molecule has 1 heterocycles. The lowest BCUT2D eigenvalue weighted by molar-refractivity contribution is -0.0648. The Morgan fingerprint density at radius 3 is 2.90 bits per heavy atom. The highest BCUT2D eigenvalue weighted by molar-refractivity contribution is 5.24. The fraction of sp³-hybridized carbons (Fsp3) is 0.765. The Morgan fingerprint density at radius 1 is 1.29 bits per heavy atom. The summed E-state index contributed by atoms with van der Waals surface area (Å²) in [5, 5.41) is 0. The predicted molar refractivity (Wildman–Crippen MR) is 82.8 cm³/mol. The van der Waals surface area contributed by atoms with E-state index in [0.29, 0.717) is 5.92 Å². The van der Waals surface area contributed by atoms with Gasteiger partial charge in [0, 0.05) is 30.6 Å². The molecule has 3 unspecified atom stereocenters. The third-order valence-corrected chi connectivity index (χ3v) is 5.23. The minimum atomic E-state index is -0.289. The molecule has 2 aliphatic carbocycles. The number of hydrogen-bond acceptors (Lipinski definition) is 4. The average molecular weight is 289 g/mol. The number of hydrogen-bond donors (Lipinski definition) is 1. The number of nitrogens with two attached hydrogens (primary N) is 1. The Kier molecular flexibility index (Phi) is 4.27. The van der Waals surface area contributed by atoms with Crippen LogP contribution >= 0.6 is 0 Å². The number of aromatic nitrogens is 2. The minimum absolute atomic E-state index is 0.0975. The van der Waals surface area contributed by atoms with E-state index in [1.807, 2.05) is 6.20 Å². The van der Waals surface area contributed by atoms with Crippen molar-refractivity contribution in [3.63, 3.8) is 0 Å². The average Bonchev–Trinajstić information content (AvgIpc) is 2.68. The normalized spacial score (nSPS) is 33.3. The molecule has 0 radical (unpaired) electrons. The van der Waals surface area contributed by atoms with Gasteiger partial charge in [-0.05, 0) is 44.4 Å². The SMILES string of the molecule is COC1(c2ncc3c(n2)CCCCC3N)CCCC(C)C1. The van der Waals surface area contributed by atoms with Crippen LogP contribution in [-0.2, 0) is 16.8 Å². The highest BCUT2D eigenvalue weighted by Crippen LogP contribution is 2.41. The molecule has 0 saturated heterocycles. The number of rotatable bonds is 2. The molecule has 0 spiro atoms. The van der Waals surface area contributed by atoms with Crippen molar-refractivity contribution < 1.29 is 4.74 Å². The standard InChI is InChI=1S/C17H27N3O/c1-12-6-5-9-17(10-12,21-2)16-19-11-13-14(18)7-3-4-8-15(13)20-16/h11-12,14H,3-10,18H2,1-2H3. The molecule has 21 heavy (non-hydrogen) atoms. The molecule has 1 aromatic rings. The molecular weight excluding hydrogens is 262 g/mol. The van der Waals surface area contributed by atoms with Crippen LogP contribution in [0.2, 0.25) is 0 Å². The van der Waals surface area contributed by atoms with Crippen molar-refractivity contribution in [2.45, 2.75) is 69.9 Å². The molecule has 0 amide bonds. The van der Waals surface area contributed by atoms with E-state index < -0.39 is 0 Å². The van der Waals surface area contributed by atoms with Gasteiger partial charge in [-0.25, -0.2) is 9.97 Å². The first-order valence-electron chi connectivity index (χ1n) is 8.31. The van der Waals surface area contributed by atoms with E-state index in [4.69, 9.17) is 15.5 Å². The summed E-state index contributed by atoms with van der Waals surface area (Å²) >= 11 is 0. The number of methoxy groups -OCH3 is 1. The van der Waals surface area contributed by atoms with E-state index in [0.717, 1.165) is 42.8 Å². The van der Waals surface area contributed by atoms with Crippen molar-refractivity contribution in [1.29, 1.82) is 0 Å². The number of aryl methyl sites for hydroxylation is 1. The summed E-state index contributed by atoms with van der Waals surface area (Å²) < 4.78 is 5.93. The fourth-order valence-corrected chi connectivity index (χ4v) is 3.95. The second kappa shape index (κ2) is 6.01. The van der Waals surface area contributed by atoms with Crippen LogP contribution in [0.3, 0.4) is 0 Å². The fourth-order valence-electron chi connectivity index (χ4n) is 3.95. The molecule has 1 fully saturated rings. The Labute approximate surface area is 127 Å². The third-order valence-electron chi connectivity index (χ3n) is 5.23. The van der Waals surface area contributed by atoms with Crippen LogP contribution in [-0.4, -0.2) is 17.1 Å². The molecule has 0 bridgehead atoms. The Bertz CT molecular complexity index is 505. The van der Waals surface area contributed by atoms with Gasteiger partial charge in [-0.3, -0.25) is 0 Å². The minimum Gasteiger partial charge on any atom is -0.370 e. The molecule has 3 rings (SSSR count). The molecule has 2 N–H and O–H groups in total. The summed E-state index contributed by atoms with van der Waals surface area (Å²) in [7, 11) is 1.80. The van der Waals surface area contributed by atoms with Gasteiger partial charge in [-0.1, -0.05) is 19.8 Å². The first-order chi connectivity index (χ1) is 10.1.